The lowest BCUT2D eigenvalue weighted by atomic mass is 9.82. The molecule has 24 heavy (non-hydrogen) atoms. The van der Waals surface area contributed by atoms with Gasteiger partial charge in [0.25, 0.3) is 0 Å². The summed E-state index contributed by atoms with van der Waals surface area (Å²) in [5.74, 6) is -0.323. The van der Waals surface area contributed by atoms with E-state index in [4.69, 9.17) is 9.47 Å². The van der Waals surface area contributed by atoms with Gasteiger partial charge in [0.15, 0.2) is 0 Å². The number of nitrogens with one attached hydrogen (secondary N) is 1. The second-order valence-corrected chi connectivity index (χ2v) is 7.26. The second kappa shape index (κ2) is 8.65. The van der Waals surface area contributed by atoms with Gasteiger partial charge in [0.1, 0.15) is 5.60 Å². The van der Waals surface area contributed by atoms with E-state index in [1.807, 2.05) is 19.9 Å². The maximum absolute atomic E-state index is 11.9. The van der Waals surface area contributed by atoms with E-state index >= 15 is 0 Å². The molecule has 0 amide bonds. The fourth-order valence-corrected chi connectivity index (χ4v) is 3.84. The maximum Gasteiger partial charge on any atom is 0.309 e. The van der Waals surface area contributed by atoms with E-state index in [0.717, 1.165) is 45.1 Å². The van der Waals surface area contributed by atoms with Crippen LogP contribution in [0, 0.1) is 11.8 Å². The molecule has 0 aliphatic carbocycles. The second-order valence-electron chi connectivity index (χ2n) is 7.26. The number of hydrogen-bond acceptors (Lipinski definition) is 5. The van der Waals surface area contributed by atoms with Gasteiger partial charge in [0.05, 0.1) is 18.9 Å². The van der Waals surface area contributed by atoms with Crippen LogP contribution in [0.15, 0.2) is 12.2 Å². The molecule has 2 rings (SSSR count). The fraction of sp³-hybridized carbons (Fsp3) is 0.789. The standard InChI is InChI=1S/C19H31NO4/c1-14(17(21)23-3)9-5-4-6-10-16-19(11-7-8-12-20-16)13-15(2)18(22)24-19/h4-5,14-16,20H,6-13H2,1-3H3/b5-4-/t14-,15+,16-,19-/m0/s1. The summed E-state index contributed by atoms with van der Waals surface area (Å²) in [5, 5.41) is 3.60. The van der Waals surface area contributed by atoms with Crippen LogP contribution < -0.4 is 5.32 Å². The van der Waals surface area contributed by atoms with Crippen molar-refractivity contribution in [3.63, 3.8) is 0 Å². The van der Waals surface area contributed by atoms with Crippen molar-refractivity contribution in [1.82, 2.24) is 5.32 Å². The summed E-state index contributed by atoms with van der Waals surface area (Å²) in [5.41, 5.74) is -0.319. The van der Waals surface area contributed by atoms with Crippen LogP contribution in [0.4, 0.5) is 0 Å². The molecule has 2 saturated heterocycles. The van der Waals surface area contributed by atoms with Crippen molar-refractivity contribution in [2.24, 2.45) is 11.8 Å². The van der Waals surface area contributed by atoms with Crippen molar-refractivity contribution < 1.29 is 19.1 Å². The molecule has 2 heterocycles. The number of methoxy groups -OCH3 is 1. The number of rotatable bonds is 6. The Morgan fingerprint density at radius 2 is 2.25 bits per heavy atom. The van der Waals surface area contributed by atoms with Crippen LogP contribution in [0.3, 0.4) is 0 Å². The van der Waals surface area contributed by atoms with Crippen molar-refractivity contribution in [2.45, 2.75) is 70.4 Å². The molecule has 4 atom stereocenters. The van der Waals surface area contributed by atoms with Gasteiger partial charge >= 0.3 is 11.9 Å². The molecule has 5 nitrogen and oxygen atoms in total. The largest absolute Gasteiger partial charge is 0.469 e. The molecule has 0 aromatic heterocycles. The summed E-state index contributed by atoms with van der Waals surface area (Å²) < 4.78 is 10.6. The SMILES string of the molecule is COC(=O)[C@@H](C)C/C=C\CC[C@@H]1NCCCC[C@]12C[C@@H](C)C(=O)O2. The van der Waals surface area contributed by atoms with Gasteiger partial charge in [-0.15, -0.1) is 0 Å². The molecule has 0 unspecified atom stereocenters. The van der Waals surface area contributed by atoms with E-state index in [1.54, 1.807) is 0 Å². The summed E-state index contributed by atoms with van der Waals surface area (Å²) >= 11 is 0. The van der Waals surface area contributed by atoms with E-state index in [9.17, 15) is 9.59 Å². The molecule has 136 valence electrons. The summed E-state index contributed by atoms with van der Waals surface area (Å²) in [6.45, 7) is 4.83. The molecule has 0 radical (unpaired) electrons. The lowest BCUT2D eigenvalue weighted by Crippen LogP contribution is -2.49. The summed E-state index contributed by atoms with van der Waals surface area (Å²) in [4.78, 5) is 23.3. The number of hydrogen-bond donors (Lipinski definition) is 1. The molecule has 2 aliphatic rings. The first kappa shape index (κ1) is 19.0. The minimum absolute atomic E-state index is 0.00356. The van der Waals surface area contributed by atoms with Crippen LogP contribution in [0.5, 0.6) is 0 Å². The van der Waals surface area contributed by atoms with Gasteiger partial charge in [-0.3, -0.25) is 9.59 Å². The van der Waals surface area contributed by atoms with Crippen LogP contribution in [-0.4, -0.2) is 37.2 Å². The lowest BCUT2D eigenvalue weighted by Gasteiger charge is -2.35. The fourth-order valence-electron chi connectivity index (χ4n) is 3.84. The number of ether oxygens (including phenoxy) is 2. The highest BCUT2D eigenvalue weighted by Gasteiger charge is 2.49. The van der Waals surface area contributed by atoms with Gasteiger partial charge in [-0.2, -0.15) is 0 Å². The Bertz CT molecular complexity index is 476. The molecular weight excluding hydrogens is 306 g/mol. The van der Waals surface area contributed by atoms with Crippen LogP contribution in [-0.2, 0) is 19.1 Å². The molecule has 5 heteroatoms. The van der Waals surface area contributed by atoms with Gasteiger partial charge in [0.2, 0.25) is 0 Å². The Morgan fingerprint density at radius 1 is 1.46 bits per heavy atom. The van der Waals surface area contributed by atoms with E-state index < -0.39 is 0 Å². The average Bonchev–Trinajstić information content (AvgIpc) is 2.73. The monoisotopic (exact) mass is 337 g/mol. The van der Waals surface area contributed by atoms with E-state index in [2.05, 4.69) is 11.4 Å². The van der Waals surface area contributed by atoms with Crippen LogP contribution in [0.25, 0.3) is 0 Å². The summed E-state index contributed by atoms with van der Waals surface area (Å²) in [7, 11) is 1.42. The van der Waals surface area contributed by atoms with Crippen molar-refractivity contribution in [2.75, 3.05) is 13.7 Å². The minimum atomic E-state index is -0.319. The molecule has 0 aromatic carbocycles. The Hall–Kier alpha value is -1.36. The lowest BCUT2D eigenvalue weighted by molar-refractivity contribution is -0.153. The molecule has 0 bridgehead atoms. The van der Waals surface area contributed by atoms with E-state index in [1.165, 1.54) is 7.11 Å². The number of allylic oxidation sites excluding steroid dienone is 2. The number of carbonyl (C=O) groups is 2. The van der Waals surface area contributed by atoms with Gasteiger partial charge in [-0.25, -0.2) is 0 Å². The third kappa shape index (κ3) is 4.59. The van der Waals surface area contributed by atoms with E-state index in [-0.39, 0.29) is 35.4 Å². The normalized spacial score (nSPS) is 31.9. The first-order valence-corrected chi connectivity index (χ1v) is 9.17. The molecule has 1 N–H and O–H groups in total. The summed E-state index contributed by atoms with van der Waals surface area (Å²) in [6, 6.07) is 0.219. The summed E-state index contributed by atoms with van der Waals surface area (Å²) in [6.07, 6.45) is 10.8. The molecule has 0 aromatic rings. The van der Waals surface area contributed by atoms with Gasteiger partial charge in [-0.1, -0.05) is 26.0 Å². The third-order valence-corrected chi connectivity index (χ3v) is 5.29. The maximum atomic E-state index is 11.9. The van der Waals surface area contributed by atoms with Gasteiger partial charge < -0.3 is 14.8 Å². The quantitative estimate of drug-likeness (QED) is 0.596. The highest BCUT2D eigenvalue weighted by molar-refractivity contribution is 5.75. The molecule has 2 fully saturated rings. The molecule has 2 aliphatic heterocycles. The molecule has 1 spiro atoms. The Kier molecular flexibility index (Phi) is 6.84. The number of esters is 2. The van der Waals surface area contributed by atoms with Crippen LogP contribution in [0.1, 0.15) is 58.8 Å². The van der Waals surface area contributed by atoms with E-state index in [0.29, 0.717) is 6.42 Å². The Labute approximate surface area is 145 Å². The zero-order valence-electron chi connectivity index (χ0n) is 15.2. The topological polar surface area (TPSA) is 64.6 Å². The number of carbonyl (C=O) groups excluding carboxylic acids is 2. The highest BCUT2D eigenvalue weighted by Crippen LogP contribution is 2.40. The third-order valence-electron chi connectivity index (χ3n) is 5.29. The predicted molar refractivity (Wildman–Crippen MR) is 92.4 cm³/mol. The average molecular weight is 337 g/mol. The zero-order chi connectivity index (χ0) is 17.6. The molecule has 0 saturated carbocycles. The minimum Gasteiger partial charge on any atom is -0.469 e. The first-order chi connectivity index (χ1) is 11.5. The van der Waals surface area contributed by atoms with Gasteiger partial charge in [-0.05, 0) is 45.1 Å². The highest BCUT2D eigenvalue weighted by atomic mass is 16.6. The molecular formula is C19H31NO4. The van der Waals surface area contributed by atoms with Gasteiger partial charge in [0, 0.05) is 12.5 Å². The van der Waals surface area contributed by atoms with Crippen LogP contribution in [0.2, 0.25) is 0 Å². The van der Waals surface area contributed by atoms with Crippen LogP contribution >= 0.6 is 0 Å². The van der Waals surface area contributed by atoms with Crippen molar-refractivity contribution in [3.8, 4) is 0 Å². The van der Waals surface area contributed by atoms with Crippen molar-refractivity contribution in [3.05, 3.63) is 12.2 Å². The predicted octanol–water partition coefficient (Wildman–Crippen LogP) is 2.99. The Balaban J connectivity index is 1.87. The smallest absolute Gasteiger partial charge is 0.309 e. The van der Waals surface area contributed by atoms with Crippen molar-refractivity contribution >= 4 is 11.9 Å². The first-order valence-electron chi connectivity index (χ1n) is 9.17. The Morgan fingerprint density at radius 3 is 2.92 bits per heavy atom. The van der Waals surface area contributed by atoms with Crippen molar-refractivity contribution in [1.29, 1.82) is 0 Å². The zero-order valence-corrected chi connectivity index (χ0v) is 15.2.